The van der Waals surface area contributed by atoms with Crippen molar-refractivity contribution < 1.29 is 14.2 Å². The zero-order valence-electron chi connectivity index (χ0n) is 66.3. The maximum absolute atomic E-state index is 6.43. The Bertz CT molecular complexity index is 6600. The molecule has 7 nitrogen and oxygen atoms in total. The number of para-hydroxylation sites is 2. The molecule has 1 unspecified atom stereocenters. The number of ether oxygens (including phenoxy) is 3. The molecule has 1 atom stereocenters. The minimum atomic E-state index is -0.372. The molecule has 0 aliphatic heterocycles. The van der Waals surface area contributed by atoms with Gasteiger partial charge in [0.1, 0.15) is 5.75 Å². The van der Waals surface area contributed by atoms with E-state index in [4.69, 9.17) is 14.2 Å². The van der Waals surface area contributed by atoms with Crippen molar-refractivity contribution in [2.75, 3.05) is 16.8 Å². The lowest BCUT2D eigenvalue weighted by atomic mass is 9.69. The van der Waals surface area contributed by atoms with E-state index in [2.05, 4.69) is 381 Å². The first-order valence-electron chi connectivity index (χ1n) is 41.1. The topological polar surface area (TPSA) is 52.8 Å². The maximum atomic E-state index is 6.43. The predicted octanol–water partition coefficient (Wildman–Crippen LogP) is 28.1. The first-order chi connectivity index (χ1) is 56.9. The van der Waals surface area contributed by atoms with Gasteiger partial charge in [0, 0.05) is 77.6 Å². The molecule has 0 spiro atoms. The first-order valence-corrected chi connectivity index (χ1v) is 41.1. The molecule has 3 aliphatic carbocycles. The number of hydrogen-bond acceptors (Lipinski definition) is 5. The van der Waals surface area contributed by atoms with Gasteiger partial charge in [-0.15, -0.1) is 0 Å². The molecule has 2 aromatic heterocycles. The number of nitrogens with one attached hydrogen (secondary N) is 1. The fraction of sp³-hybridized carbons (Fsp3) is 0.156. The maximum Gasteiger partial charge on any atom is 0.119 e. The molecule has 20 rings (SSSR count). The van der Waals surface area contributed by atoms with Gasteiger partial charge in [0.25, 0.3) is 0 Å². The number of rotatable bonds is 25. The number of unbranched alkanes of at least 4 members (excludes halogenated alkanes) is 3. The number of hydrogen-bond donors (Lipinski definition) is 1. The van der Waals surface area contributed by atoms with Crippen LogP contribution in [-0.2, 0) is 52.1 Å². The second-order valence-corrected chi connectivity index (χ2v) is 32.9. The normalized spacial score (nSPS) is 14.5. The van der Waals surface area contributed by atoms with Crippen LogP contribution in [0.25, 0.3) is 94.4 Å². The van der Waals surface area contributed by atoms with Crippen LogP contribution in [0.5, 0.6) is 5.75 Å². The molecule has 0 bridgehead atoms. The molecule has 17 aromatic rings. The third-order valence-corrected chi connectivity index (χ3v) is 25.3. The highest BCUT2D eigenvalue weighted by Gasteiger charge is 2.45. The van der Waals surface area contributed by atoms with E-state index >= 15 is 0 Å². The Morgan fingerprint density at radius 1 is 0.336 bits per heavy atom. The Kier molecular flexibility index (Phi) is 18.4. The Balaban J connectivity index is 0.519. The third kappa shape index (κ3) is 12.7. The summed E-state index contributed by atoms with van der Waals surface area (Å²) in [6, 6.07) is 126. The van der Waals surface area contributed by atoms with Gasteiger partial charge in [-0.25, -0.2) is 0 Å². The summed E-state index contributed by atoms with van der Waals surface area (Å²) in [6.07, 6.45) is 7.11. The highest BCUT2D eigenvalue weighted by molar-refractivity contribution is 6.12. The molecule has 0 saturated carbocycles. The highest BCUT2D eigenvalue weighted by atomic mass is 16.5. The number of aromatic nitrogens is 2. The van der Waals surface area contributed by atoms with Gasteiger partial charge in [-0.2, -0.15) is 0 Å². The summed E-state index contributed by atoms with van der Waals surface area (Å²) in [7, 11) is 0. The zero-order chi connectivity index (χ0) is 78.1. The molecule has 1 N–H and O–H groups in total. The van der Waals surface area contributed by atoms with Crippen LogP contribution in [-0.4, -0.2) is 15.7 Å². The van der Waals surface area contributed by atoms with Crippen molar-refractivity contribution >= 4 is 78.1 Å². The third-order valence-electron chi connectivity index (χ3n) is 25.3. The average Bonchev–Trinajstić information content (AvgIpc) is 1.55. The van der Waals surface area contributed by atoms with Crippen LogP contribution in [0.2, 0.25) is 0 Å². The van der Waals surface area contributed by atoms with Crippen molar-refractivity contribution in [2.24, 2.45) is 0 Å². The second kappa shape index (κ2) is 29.7. The highest BCUT2D eigenvalue weighted by Crippen LogP contribution is 2.58. The van der Waals surface area contributed by atoms with Crippen molar-refractivity contribution in [1.29, 1.82) is 0 Å². The SMILES string of the molecule is C=Cc1ccc(OCCCCCCC2(c3ccccc3)c3ccccc3-c3ccc(N(c4ccc5c(c4)C(C)(C)c4ccccc4-5)c4ccc5c(c4)c4ccccc4n5-c4ccc(COCc5ccc(COCc6ccc(-n7c8ccccc8c8cc(Nc9ccc%10c(c9)C(C)(C)c9ccccc9-%10)ccc87)cc6)cc5)cc4)cc32)cc1. The number of fused-ring (bicyclic) bond motifs is 15. The first kappa shape index (κ1) is 72.0. The molecule has 2 heterocycles. The van der Waals surface area contributed by atoms with E-state index in [1.54, 1.807) is 0 Å². The van der Waals surface area contributed by atoms with Crippen LogP contribution in [0.1, 0.15) is 127 Å². The van der Waals surface area contributed by atoms with E-state index in [0.29, 0.717) is 33.0 Å². The molecule has 116 heavy (non-hydrogen) atoms. The molecule has 0 saturated heterocycles. The predicted molar refractivity (Wildman–Crippen MR) is 481 cm³/mol. The van der Waals surface area contributed by atoms with Crippen LogP contribution in [0.4, 0.5) is 28.4 Å². The van der Waals surface area contributed by atoms with Crippen LogP contribution in [0.15, 0.2) is 346 Å². The number of benzene rings is 15. The molecule has 0 fully saturated rings. The van der Waals surface area contributed by atoms with Gasteiger partial charge >= 0.3 is 0 Å². The zero-order valence-corrected chi connectivity index (χ0v) is 66.3. The van der Waals surface area contributed by atoms with Crippen molar-refractivity contribution in [1.82, 2.24) is 9.13 Å². The summed E-state index contributed by atoms with van der Waals surface area (Å²) in [6.45, 7) is 16.1. The summed E-state index contributed by atoms with van der Waals surface area (Å²) < 4.78 is 23.8. The van der Waals surface area contributed by atoms with Crippen LogP contribution in [0.3, 0.4) is 0 Å². The molecule has 3 aliphatic rings. The van der Waals surface area contributed by atoms with Crippen molar-refractivity contribution in [2.45, 2.75) is 102 Å². The van der Waals surface area contributed by atoms with Gasteiger partial charge in [-0.3, -0.25) is 0 Å². The van der Waals surface area contributed by atoms with Crippen molar-refractivity contribution in [3.05, 3.63) is 413 Å². The molecule has 15 aromatic carbocycles. The molecule has 566 valence electrons. The van der Waals surface area contributed by atoms with Crippen LogP contribution < -0.4 is 15.0 Å². The van der Waals surface area contributed by atoms with Crippen LogP contribution >= 0.6 is 0 Å². The summed E-state index contributed by atoms with van der Waals surface area (Å²) in [5.74, 6) is 0.907. The quantitative estimate of drug-likeness (QED) is 0.0578. The number of anilines is 5. The fourth-order valence-electron chi connectivity index (χ4n) is 19.4. The summed E-state index contributed by atoms with van der Waals surface area (Å²) in [4.78, 5) is 2.53. The van der Waals surface area contributed by atoms with Gasteiger partial charge in [0.05, 0.1) is 55.1 Å². The largest absolute Gasteiger partial charge is 0.494 e. The number of nitrogens with zero attached hydrogens (tertiary/aromatic N) is 3. The Labute approximate surface area is 680 Å². The summed E-state index contributed by atoms with van der Waals surface area (Å²) in [5.41, 5.74) is 34.8. The van der Waals surface area contributed by atoms with Crippen molar-refractivity contribution in [3.8, 4) is 50.5 Å². The lowest BCUT2D eigenvalue weighted by Crippen LogP contribution is -2.27. The van der Waals surface area contributed by atoms with E-state index in [0.717, 1.165) is 117 Å². The summed E-state index contributed by atoms with van der Waals surface area (Å²) >= 11 is 0. The minimum Gasteiger partial charge on any atom is -0.494 e. The lowest BCUT2D eigenvalue weighted by Gasteiger charge is -2.34. The average molecular weight is 1510 g/mol. The Hall–Kier alpha value is -13.0. The van der Waals surface area contributed by atoms with Crippen molar-refractivity contribution in [3.63, 3.8) is 0 Å². The minimum absolute atomic E-state index is 0.0603. The smallest absolute Gasteiger partial charge is 0.119 e. The van der Waals surface area contributed by atoms with E-state index in [1.165, 1.54) is 105 Å². The molecule has 7 heteroatoms. The monoisotopic (exact) mass is 1500 g/mol. The van der Waals surface area contributed by atoms with Gasteiger partial charge in [-0.05, 0) is 234 Å². The Morgan fingerprint density at radius 2 is 0.750 bits per heavy atom. The summed E-state index contributed by atoms with van der Waals surface area (Å²) in [5, 5.41) is 8.60. The molecular formula is C109H92N4O3. The lowest BCUT2D eigenvalue weighted by molar-refractivity contribution is 0.105. The van der Waals surface area contributed by atoms with E-state index in [-0.39, 0.29) is 16.2 Å². The van der Waals surface area contributed by atoms with Gasteiger partial charge in [0.2, 0.25) is 0 Å². The van der Waals surface area contributed by atoms with E-state index < -0.39 is 0 Å². The van der Waals surface area contributed by atoms with Gasteiger partial charge in [-0.1, -0.05) is 278 Å². The standard InChI is InChI=1S/C109H92N4O3/c1-6-73-44-55-86(56-45-73)116-63-23-8-7-22-62-109(78-24-10-9-11-25-78)99-33-19-14-28-89(99)92-59-53-85(68-102(92)109)111(84-52-58-91-88-27-13-18-32-98(88)108(4,5)101(91)67-84)83-54-61-106-96(66-83)94-30-16-21-35-104(94)113(106)82-50-42-77(43-51-82)72-115-70-75-38-36-74(37-39-75)69-114-71-76-40-48-81(49-41-76)112-103-34-20-15-29-93(103)95-64-79(47-60-105(95)112)110-80-46-57-90-87-26-12-17-31-97(87)107(2,3)100(90)65-80/h6,9-21,24-61,64-68,110H,1,7-8,22-23,62-63,69-72H2,2-5H3. The molecule has 0 amide bonds. The van der Waals surface area contributed by atoms with Crippen LogP contribution in [0, 0.1) is 0 Å². The fourth-order valence-corrected chi connectivity index (χ4v) is 19.4. The van der Waals surface area contributed by atoms with E-state index in [9.17, 15) is 0 Å². The second-order valence-electron chi connectivity index (χ2n) is 32.9. The molecule has 0 radical (unpaired) electrons. The van der Waals surface area contributed by atoms with E-state index in [1.807, 2.05) is 18.2 Å². The Morgan fingerprint density at radius 3 is 1.33 bits per heavy atom. The van der Waals surface area contributed by atoms with Gasteiger partial charge < -0.3 is 33.6 Å². The molecular weight excluding hydrogens is 1410 g/mol. The van der Waals surface area contributed by atoms with Gasteiger partial charge in [0.15, 0.2) is 0 Å².